The molecule has 0 bridgehead atoms. The van der Waals surface area contributed by atoms with Crippen molar-refractivity contribution < 1.29 is 5.11 Å². The van der Waals surface area contributed by atoms with Gasteiger partial charge >= 0.3 is 0 Å². The molecule has 3 aromatic rings. The fourth-order valence-corrected chi connectivity index (χ4v) is 4.56. The number of aliphatic hydroxyl groups is 1. The Bertz CT molecular complexity index is 1140. The molecule has 2 heterocycles. The van der Waals surface area contributed by atoms with Gasteiger partial charge in [0.1, 0.15) is 16.5 Å². The summed E-state index contributed by atoms with van der Waals surface area (Å²) in [7, 11) is 0. The average molecular weight is 446 g/mol. The van der Waals surface area contributed by atoms with Crippen molar-refractivity contribution in [3.8, 4) is 0 Å². The number of anilines is 1. The van der Waals surface area contributed by atoms with Crippen LogP contribution in [0.3, 0.4) is 0 Å². The van der Waals surface area contributed by atoms with Gasteiger partial charge in [0.25, 0.3) is 0 Å². The van der Waals surface area contributed by atoms with Crippen LogP contribution < -0.4 is 5.32 Å². The molecule has 1 aliphatic rings. The Morgan fingerprint density at radius 1 is 1.22 bits per heavy atom. The largest absolute Gasteiger partial charge is 0.516 e. The van der Waals surface area contributed by atoms with E-state index in [1.807, 2.05) is 6.08 Å². The summed E-state index contributed by atoms with van der Waals surface area (Å²) >= 11 is 1.73. The van der Waals surface area contributed by atoms with Gasteiger partial charge < -0.3 is 10.4 Å². The van der Waals surface area contributed by atoms with Gasteiger partial charge in [-0.3, -0.25) is 0 Å². The van der Waals surface area contributed by atoms with Crippen LogP contribution in [0.15, 0.2) is 60.9 Å². The number of aliphatic hydroxyl groups excluding tert-OH is 1. The Hall–Kier alpha value is -2.92. The number of rotatable bonds is 10. The number of hydrogen-bond acceptors (Lipinski definition) is 5. The molecule has 0 spiro atoms. The van der Waals surface area contributed by atoms with Crippen LogP contribution in [0.5, 0.6) is 0 Å². The van der Waals surface area contributed by atoms with E-state index in [0.29, 0.717) is 0 Å². The van der Waals surface area contributed by atoms with Crippen molar-refractivity contribution in [2.75, 3.05) is 11.9 Å². The summed E-state index contributed by atoms with van der Waals surface area (Å²) in [6.07, 6.45) is 14.6. The number of nitrogens with one attached hydrogen (secondary N) is 1. The molecular formula is C27H31N3OS. The predicted molar refractivity (Wildman–Crippen MR) is 136 cm³/mol. The van der Waals surface area contributed by atoms with Crippen LogP contribution in [-0.4, -0.2) is 21.6 Å². The van der Waals surface area contributed by atoms with E-state index in [4.69, 9.17) is 10.1 Å². The highest BCUT2D eigenvalue weighted by molar-refractivity contribution is 7.18. The Labute approximate surface area is 194 Å². The zero-order chi connectivity index (χ0) is 22.3. The smallest absolute Gasteiger partial charge is 0.138 e. The highest BCUT2D eigenvalue weighted by Crippen LogP contribution is 2.31. The molecule has 5 heteroatoms. The van der Waals surface area contributed by atoms with Crippen molar-refractivity contribution in [3.05, 3.63) is 82.7 Å². The van der Waals surface area contributed by atoms with Gasteiger partial charge in [0.15, 0.2) is 0 Å². The molecule has 0 atom stereocenters. The first-order valence-corrected chi connectivity index (χ1v) is 12.3. The number of fused-ring (bicyclic) bond motifs is 1. The van der Waals surface area contributed by atoms with Crippen molar-refractivity contribution in [2.24, 2.45) is 5.92 Å². The third-order valence-corrected chi connectivity index (χ3v) is 6.58. The fourth-order valence-electron chi connectivity index (χ4n) is 3.67. The zero-order valence-electron chi connectivity index (χ0n) is 18.8. The van der Waals surface area contributed by atoms with E-state index in [-0.39, 0.29) is 0 Å². The standard InChI is InChI=1S/C27H31N3OS/c1-3-25-29-26(24-18-19(2)32-27(24)30-25)28-16-4-6-20-10-14-23(15-11-20)22(7-5-17-31)13-12-21-8-9-21/h5,7,10-15,17-18,21,31H,3-4,6,8-9,16H2,1-2H3,(H,28,29,30)/b13-12-,17-5+,22-7+. The summed E-state index contributed by atoms with van der Waals surface area (Å²) in [5.41, 5.74) is 3.62. The van der Waals surface area contributed by atoms with Crippen molar-refractivity contribution >= 4 is 32.9 Å². The number of aryl methyl sites for hydroxylation is 3. The quantitative estimate of drug-likeness (QED) is 0.200. The van der Waals surface area contributed by atoms with Gasteiger partial charge in [-0.25, -0.2) is 9.97 Å². The summed E-state index contributed by atoms with van der Waals surface area (Å²) in [6, 6.07) is 10.9. The SMILES string of the molecule is CCc1nc(NCCCc2ccc(C(/C=C\C3CC3)=C/C=C/O)cc2)c2cc(C)sc2n1. The van der Waals surface area contributed by atoms with Gasteiger partial charge in [-0.1, -0.05) is 49.4 Å². The van der Waals surface area contributed by atoms with Crippen molar-refractivity contribution in [1.29, 1.82) is 0 Å². The molecule has 1 aliphatic carbocycles. The van der Waals surface area contributed by atoms with E-state index >= 15 is 0 Å². The van der Waals surface area contributed by atoms with Gasteiger partial charge in [-0.05, 0) is 67.4 Å². The van der Waals surface area contributed by atoms with Crippen LogP contribution in [0, 0.1) is 12.8 Å². The predicted octanol–water partition coefficient (Wildman–Crippen LogP) is 7.03. The van der Waals surface area contributed by atoms with E-state index in [9.17, 15) is 0 Å². The normalized spacial score (nSPS) is 14.8. The molecule has 2 aromatic heterocycles. The van der Waals surface area contributed by atoms with E-state index in [1.54, 1.807) is 17.4 Å². The molecule has 0 saturated heterocycles. The summed E-state index contributed by atoms with van der Waals surface area (Å²) in [5.74, 6) is 2.58. The average Bonchev–Trinajstić information content (AvgIpc) is 3.56. The van der Waals surface area contributed by atoms with Crippen molar-refractivity contribution in [2.45, 2.75) is 46.0 Å². The van der Waals surface area contributed by atoms with Crippen LogP contribution >= 0.6 is 11.3 Å². The molecule has 0 amide bonds. The van der Waals surface area contributed by atoms with E-state index in [1.165, 1.54) is 28.8 Å². The Kier molecular flexibility index (Phi) is 7.38. The van der Waals surface area contributed by atoms with Crippen LogP contribution in [0.2, 0.25) is 0 Å². The molecule has 4 nitrogen and oxygen atoms in total. The topological polar surface area (TPSA) is 58.0 Å². The van der Waals surface area contributed by atoms with Crippen LogP contribution in [0.1, 0.15) is 48.0 Å². The van der Waals surface area contributed by atoms with Gasteiger partial charge in [-0.15, -0.1) is 11.3 Å². The third kappa shape index (κ3) is 5.86. The Balaban J connectivity index is 1.35. The zero-order valence-corrected chi connectivity index (χ0v) is 19.7. The first-order valence-electron chi connectivity index (χ1n) is 11.5. The second kappa shape index (κ2) is 10.6. The fraction of sp³-hybridized carbons (Fsp3) is 0.333. The Morgan fingerprint density at radius 3 is 2.75 bits per heavy atom. The summed E-state index contributed by atoms with van der Waals surface area (Å²) in [6.45, 7) is 5.09. The third-order valence-electron chi connectivity index (χ3n) is 5.63. The lowest BCUT2D eigenvalue weighted by Crippen LogP contribution is -2.07. The molecule has 32 heavy (non-hydrogen) atoms. The molecule has 1 saturated carbocycles. The number of benzene rings is 1. The minimum Gasteiger partial charge on any atom is -0.516 e. The monoisotopic (exact) mass is 445 g/mol. The molecule has 166 valence electrons. The number of allylic oxidation sites excluding steroid dienone is 5. The van der Waals surface area contributed by atoms with E-state index in [2.05, 4.69) is 66.6 Å². The highest BCUT2D eigenvalue weighted by atomic mass is 32.1. The lowest BCUT2D eigenvalue weighted by atomic mass is 10.0. The van der Waals surface area contributed by atoms with Crippen molar-refractivity contribution in [3.63, 3.8) is 0 Å². The summed E-state index contributed by atoms with van der Waals surface area (Å²) in [4.78, 5) is 11.7. The molecule has 0 radical (unpaired) electrons. The summed E-state index contributed by atoms with van der Waals surface area (Å²) in [5, 5.41) is 13.7. The lowest BCUT2D eigenvalue weighted by Gasteiger charge is -2.09. The first kappa shape index (κ1) is 22.3. The van der Waals surface area contributed by atoms with E-state index < -0.39 is 0 Å². The molecule has 1 aromatic carbocycles. The lowest BCUT2D eigenvalue weighted by molar-refractivity contribution is 0.474. The number of hydrogen-bond donors (Lipinski definition) is 2. The molecule has 1 fully saturated rings. The van der Waals surface area contributed by atoms with Crippen LogP contribution in [0.4, 0.5) is 5.82 Å². The maximum Gasteiger partial charge on any atom is 0.138 e. The minimum absolute atomic E-state index is 0.728. The second-order valence-electron chi connectivity index (χ2n) is 8.31. The minimum atomic E-state index is 0.728. The van der Waals surface area contributed by atoms with Crippen LogP contribution in [-0.2, 0) is 12.8 Å². The number of aromatic nitrogens is 2. The molecular weight excluding hydrogens is 414 g/mol. The maximum atomic E-state index is 9.03. The molecule has 0 aliphatic heterocycles. The van der Waals surface area contributed by atoms with E-state index in [0.717, 1.165) is 65.4 Å². The number of nitrogens with zero attached hydrogens (tertiary/aromatic N) is 2. The van der Waals surface area contributed by atoms with Crippen LogP contribution in [0.25, 0.3) is 15.8 Å². The van der Waals surface area contributed by atoms with Gasteiger partial charge in [0, 0.05) is 17.8 Å². The van der Waals surface area contributed by atoms with Gasteiger partial charge in [0.05, 0.1) is 11.6 Å². The van der Waals surface area contributed by atoms with Gasteiger partial charge in [-0.2, -0.15) is 0 Å². The van der Waals surface area contributed by atoms with Crippen molar-refractivity contribution in [1.82, 2.24) is 9.97 Å². The highest BCUT2D eigenvalue weighted by Gasteiger charge is 2.17. The number of thiophene rings is 1. The molecule has 4 rings (SSSR count). The summed E-state index contributed by atoms with van der Waals surface area (Å²) < 4.78 is 0. The Morgan fingerprint density at radius 2 is 2.03 bits per heavy atom. The van der Waals surface area contributed by atoms with Gasteiger partial charge in [0.2, 0.25) is 0 Å². The maximum absolute atomic E-state index is 9.03. The second-order valence-corrected chi connectivity index (χ2v) is 9.54. The first-order chi connectivity index (χ1) is 15.7. The molecule has 0 unspecified atom stereocenters. The molecule has 2 N–H and O–H groups in total.